The largest absolute Gasteiger partial charge is 0.490 e. The van der Waals surface area contributed by atoms with E-state index in [1.54, 1.807) is 12.1 Å². The smallest absolute Gasteiger partial charge is 0.166 e. The highest BCUT2D eigenvalue weighted by atomic mass is 16.5. The van der Waals surface area contributed by atoms with Crippen molar-refractivity contribution in [2.75, 3.05) is 26.2 Å². The normalized spacial score (nSPS) is 12.1. The highest BCUT2D eigenvalue weighted by molar-refractivity contribution is 5.98. The number of para-hydroxylation sites is 1. The zero-order valence-electron chi connectivity index (χ0n) is 16.4. The monoisotopic (exact) mass is 369 g/mol. The highest BCUT2D eigenvalue weighted by Crippen LogP contribution is 2.21. The molecule has 0 spiro atoms. The fourth-order valence-corrected chi connectivity index (χ4v) is 3.09. The zero-order chi connectivity index (χ0) is 19.5. The molecule has 0 fully saturated rings. The van der Waals surface area contributed by atoms with Crippen LogP contribution >= 0.6 is 0 Å². The number of carbonyl (C=O) groups is 1. The molecule has 0 saturated carbocycles. The van der Waals surface area contributed by atoms with E-state index in [2.05, 4.69) is 18.7 Å². The highest BCUT2D eigenvalue weighted by Gasteiger charge is 2.15. The van der Waals surface area contributed by atoms with Crippen molar-refractivity contribution in [1.82, 2.24) is 4.90 Å². The van der Waals surface area contributed by atoms with Crippen molar-refractivity contribution in [2.24, 2.45) is 0 Å². The summed E-state index contributed by atoms with van der Waals surface area (Å²) >= 11 is 0. The van der Waals surface area contributed by atoms with E-state index < -0.39 is 6.10 Å². The Kier molecular flexibility index (Phi) is 9.02. The second-order valence-corrected chi connectivity index (χ2v) is 6.76. The molecule has 1 atom stereocenters. The maximum absolute atomic E-state index is 12.6. The molecule has 0 heterocycles. The number of benzene rings is 2. The fraction of sp³-hybridized carbons (Fsp3) is 0.435. The lowest BCUT2D eigenvalue weighted by Crippen LogP contribution is -2.36. The molecule has 0 aliphatic rings. The molecular formula is C23H31NO3. The van der Waals surface area contributed by atoms with Gasteiger partial charge >= 0.3 is 0 Å². The minimum Gasteiger partial charge on any atom is -0.490 e. The minimum absolute atomic E-state index is 0.0603. The standard InChI is InChI=1S/C23H31NO3/c1-3-16-24(4-2)17-20(25)18-27-23-13-9-8-12-21(23)22(26)15-14-19-10-6-5-7-11-19/h5-13,20,25H,3-4,14-18H2,1-2H3. The molecule has 1 unspecified atom stereocenters. The van der Waals surface area contributed by atoms with Crippen LogP contribution < -0.4 is 4.74 Å². The van der Waals surface area contributed by atoms with Gasteiger partial charge in [0.25, 0.3) is 0 Å². The Morgan fingerprint density at radius 3 is 2.48 bits per heavy atom. The third-order valence-corrected chi connectivity index (χ3v) is 4.56. The van der Waals surface area contributed by atoms with Gasteiger partial charge in [0, 0.05) is 13.0 Å². The van der Waals surface area contributed by atoms with Gasteiger partial charge in [-0.25, -0.2) is 0 Å². The summed E-state index contributed by atoms with van der Waals surface area (Å²) in [7, 11) is 0. The Bertz CT molecular complexity index is 687. The first-order valence-corrected chi connectivity index (χ1v) is 9.83. The number of carbonyl (C=O) groups excluding carboxylic acids is 1. The number of aliphatic hydroxyl groups is 1. The van der Waals surface area contributed by atoms with Gasteiger partial charge in [0.15, 0.2) is 5.78 Å². The predicted octanol–water partition coefficient (Wildman–Crippen LogP) is 3.97. The number of ketones is 1. The van der Waals surface area contributed by atoms with Gasteiger partial charge in [-0.3, -0.25) is 4.79 Å². The molecule has 2 rings (SSSR count). The summed E-state index contributed by atoms with van der Waals surface area (Å²) in [6.07, 6.45) is 1.62. The van der Waals surface area contributed by atoms with Gasteiger partial charge in [0.05, 0.1) is 5.56 Å². The van der Waals surface area contributed by atoms with Crippen LogP contribution in [0, 0.1) is 0 Å². The summed E-state index contributed by atoms with van der Waals surface area (Å²) in [5, 5.41) is 10.3. The van der Waals surface area contributed by atoms with Gasteiger partial charge in [0.2, 0.25) is 0 Å². The Balaban J connectivity index is 1.91. The van der Waals surface area contributed by atoms with E-state index in [-0.39, 0.29) is 12.4 Å². The van der Waals surface area contributed by atoms with Crippen LogP contribution in [0.25, 0.3) is 0 Å². The van der Waals surface area contributed by atoms with Crippen LogP contribution in [-0.2, 0) is 6.42 Å². The zero-order valence-corrected chi connectivity index (χ0v) is 16.4. The fourth-order valence-electron chi connectivity index (χ4n) is 3.09. The topological polar surface area (TPSA) is 49.8 Å². The number of hydrogen-bond acceptors (Lipinski definition) is 4. The molecular weight excluding hydrogens is 338 g/mol. The first-order chi connectivity index (χ1) is 13.1. The number of rotatable bonds is 12. The van der Waals surface area contributed by atoms with E-state index >= 15 is 0 Å². The van der Waals surface area contributed by atoms with Gasteiger partial charge in [0.1, 0.15) is 18.5 Å². The predicted molar refractivity (Wildman–Crippen MR) is 109 cm³/mol. The van der Waals surface area contributed by atoms with Crippen LogP contribution in [-0.4, -0.2) is 48.1 Å². The average Bonchev–Trinajstić information content (AvgIpc) is 2.71. The van der Waals surface area contributed by atoms with E-state index in [0.29, 0.717) is 30.7 Å². The second kappa shape index (κ2) is 11.5. The molecule has 2 aromatic carbocycles. The van der Waals surface area contributed by atoms with Crippen molar-refractivity contribution >= 4 is 5.78 Å². The molecule has 0 aromatic heterocycles. The molecule has 0 bridgehead atoms. The van der Waals surface area contributed by atoms with E-state index in [0.717, 1.165) is 25.1 Å². The molecule has 2 aromatic rings. The van der Waals surface area contributed by atoms with Gasteiger partial charge in [-0.15, -0.1) is 0 Å². The lowest BCUT2D eigenvalue weighted by atomic mass is 10.0. The van der Waals surface area contributed by atoms with Crippen LogP contribution in [0.2, 0.25) is 0 Å². The Labute approximate surface area is 162 Å². The Hall–Kier alpha value is -2.17. The number of Topliss-reactive ketones (excluding diaryl/α,β-unsaturated/α-hetero) is 1. The van der Waals surface area contributed by atoms with Gasteiger partial charge in [-0.05, 0) is 43.6 Å². The molecule has 4 heteroatoms. The van der Waals surface area contributed by atoms with Crippen LogP contribution in [0.15, 0.2) is 54.6 Å². The van der Waals surface area contributed by atoms with Crippen molar-refractivity contribution in [3.8, 4) is 5.75 Å². The van der Waals surface area contributed by atoms with Crippen molar-refractivity contribution < 1.29 is 14.6 Å². The van der Waals surface area contributed by atoms with Gasteiger partial charge in [-0.2, -0.15) is 0 Å². The summed E-state index contributed by atoms with van der Waals surface area (Å²) < 4.78 is 5.80. The number of nitrogens with zero attached hydrogens (tertiary/aromatic N) is 1. The number of hydrogen-bond donors (Lipinski definition) is 1. The molecule has 0 saturated heterocycles. The van der Waals surface area contributed by atoms with E-state index in [1.807, 2.05) is 42.5 Å². The molecule has 27 heavy (non-hydrogen) atoms. The molecule has 0 amide bonds. The number of ether oxygens (including phenoxy) is 1. The third kappa shape index (κ3) is 7.16. The summed E-state index contributed by atoms with van der Waals surface area (Å²) in [4.78, 5) is 14.8. The van der Waals surface area contributed by atoms with Crippen molar-refractivity contribution in [1.29, 1.82) is 0 Å². The first kappa shape index (κ1) is 21.1. The number of aliphatic hydroxyl groups excluding tert-OH is 1. The number of aryl methyl sites for hydroxylation is 1. The Morgan fingerprint density at radius 2 is 1.78 bits per heavy atom. The van der Waals surface area contributed by atoms with Crippen LogP contribution in [0.3, 0.4) is 0 Å². The quantitative estimate of drug-likeness (QED) is 0.575. The van der Waals surface area contributed by atoms with Crippen molar-refractivity contribution in [2.45, 2.75) is 39.2 Å². The van der Waals surface area contributed by atoms with Crippen LogP contribution in [0.5, 0.6) is 5.75 Å². The maximum atomic E-state index is 12.6. The molecule has 0 radical (unpaired) electrons. The molecule has 4 nitrogen and oxygen atoms in total. The van der Waals surface area contributed by atoms with E-state index in [9.17, 15) is 9.90 Å². The van der Waals surface area contributed by atoms with Crippen LogP contribution in [0.1, 0.15) is 42.6 Å². The minimum atomic E-state index is -0.580. The third-order valence-electron chi connectivity index (χ3n) is 4.56. The summed E-state index contributed by atoms with van der Waals surface area (Å²) in [6.45, 7) is 6.84. The second-order valence-electron chi connectivity index (χ2n) is 6.76. The maximum Gasteiger partial charge on any atom is 0.166 e. The van der Waals surface area contributed by atoms with E-state index in [1.165, 1.54) is 0 Å². The number of likely N-dealkylation sites (N-methyl/N-ethyl adjacent to an activating group) is 1. The molecule has 0 aliphatic heterocycles. The summed E-state index contributed by atoms with van der Waals surface area (Å²) in [5.41, 5.74) is 1.73. The summed E-state index contributed by atoms with van der Waals surface area (Å²) in [5.74, 6) is 0.610. The van der Waals surface area contributed by atoms with Crippen molar-refractivity contribution in [3.63, 3.8) is 0 Å². The molecule has 1 N–H and O–H groups in total. The molecule has 146 valence electrons. The van der Waals surface area contributed by atoms with Crippen LogP contribution in [0.4, 0.5) is 0 Å². The SMILES string of the molecule is CCCN(CC)CC(O)COc1ccccc1C(=O)CCc1ccccc1. The summed E-state index contributed by atoms with van der Waals surface area (Å²) in [6, 6.07) is 17.3. The Morgan fingerprint density at radius 1 is 1.07 bits per heavy atom. The first-order valence-electron chi connectivity index (χ1n) is 9.83. The average molecular weight is 370 g/mol. The van der Waals surface area contributed by atoms with Gasteiger partial charge in [-0.1, -0.05) is 56.3 Å². The van der Waals surface area contributed by atoms with Gasteiger partial charge < -0.3 is 14.7 Å². The van der Waals surface area contributed by atoms with E-state index in [4.69, 9.17) is 4.74 Å². The lowest BCUT2D eigenvalue weighted by molar-refractivity contribution is 0.0690. The molecule has 0 aliphatic carbocycles. The lowest BCUT2D eigenvalue weighted by Gasteiger charge is -2.23. The van der Waals surface area contributed by atoms with Crippen molar-refractivity contribution in [3.05, 3.63) is 65.7 Å².